The van der Waals surface area contributed by atoms with Crippen molar-refractivity contribution in [2.24, 2.45) is 0 Å². The summed E-state index contributed by atoms with van der Waals surface area (Å²) in [5.41, 5.74) is 0.674. The maximum Gasteiger partial charge on any atom is 0.219 e. The first-order chi connectivity index (χ1) is 7.61. The van der Waals surface area contributed by atoms with E-state index in [1.54, 1.807) is 6.07 Å². The van der Waals surface area contributed by atoms with Gasteiger partial charge < -0.3 is 10.2 Å². The fourth-order valence-electron chi connectivity index (χ4n) is 1.22. The highest BCUT2D eigenvalue weighted by atomic mass is 32.1. The standard InChI is InChI=1S/C10H16N2OS.C2H6/c1-12(2)6-4-3-5-11-8-7-9(14)10(8)13;1-2/h7,11H,3-6H2,1-2H3;1-2H3. The molecule has 0 bridgehead atoms. The van der Waals surface area contributed by atoms with Crippen LogP contribution in [0.2, 0.25) is 0 Å². The minimum absolute atomic E-state index is 0.00684. The van der Waals surface area contributed by atoms with Gasteiger partial charge in [-0.1, -0.05) is 26.1 Å². The van der Waals surface area contributed by atoms with E-state index >= 15 is 0 Å². The zero-order valence-corrected chi connectivity index (χ0v) is 11.5. The van der Waals surface area contributed by atoms with Gasteiger partial charge >= 0.3 is 0 Å². The van der Waals surface area contributed by atoms with Crippen LogP contribution in [0.3, 0.4) is 0 Å². The van der Waals surface area contributed by atoms with Crippen LogP contribution in [0.5, 0.6) is 0 Å². The van der Waals surface area contributed by atoms with Crippen molar-refractivity contribution in [3.63, 3.8) is 0 Å². The number of hydrogen-bond donors (Lipinski definition) is 1. The summed E-state index contributed by atoms with van der Waals surface area (Å²) in [7, 11) is 4.12. The maximum absolute atomic E-state index is 11.1. The lowest BCUT2D eigenvalue weighted by Gasteiger charge is -2.10. The number of anilines is 1. The Balaban J connectivity index is 0.00000106. The van der Waals surface area contributed by atoms with E-state index in [0.29, 0.717) is 10.2 Å². The molecule has 0 aliphatic carbocycles. The topological polar surface area (TPSA) is 32.3 Å². The molecule has 1 N–H and O–H groups in total. The molecule has 16 heavy (non-hydrogen) atoms. The van der Waals surface area contributed by atoms with Gasteiger partial charge in [-0.25, -0.2) is 0 Å². The summed E-state index contributed by atoms with van der Waals surface area (Å²) in [4.78, 5) is 13.2. The van der Waals surface area contributed by atoms with Crippen LogP contribution in [0.15, 0.2) is 10.9 Å². The fraction of sp³-hybridized carbons (Fsp3) is 0.667. The monoisotopic (exact) mass is 242 g/mol. The Labute approximate surface area is 103 Å². The summed E-state index contributed by atoms with van der Waals surface area (Å²) in [6.07, 6.45) is 2.22. The van der Waals surface area contributed by atoms with Gasteiger partial charge in [0.1, 0.15) is 0 Å². The molecule has 1 aromatic rings. The molecule has 1 aromatic carbocycles. The van der Waals surface area contributed by atoms with E-state index in [1.807, 2.05) is 13.8 Å². The van der Waals surface area contributed by atoms with Crippen LogP contribution in [-0.2, 0) is 0 Å². The molecule has 0 unspecified atom stereocenters. The Kier molecular flexibility index (Phi) is 8.03. The van der Waals surface area contributed by atoms with E-state index in [4.69, 9.17) is 12.2 Å². The van der Waals surface area contributed by atoms with Crippen LogP contribution < -0.4 is 10.7 Å². The van der Waals surface area contributed by atoms with Crippen LogP contribution in [0.4, 0.5) is 5.69 Å². The van der Waals surface area contributed by atoms with Gasteiger partial charge in [-0.3, -0.25) is 4.79 Å². The predicted octanol–water partition coefficient (Wildman–Crippen LogP) is 2.43. The van der Waals surface area contributed by atoms with Crippen LogP contribution in [0, 0.1) is 4.51 Å². The molecular formula is C12H22N2OS. The summed E-state index contributed by atoms with van der Waals surface area (Å²) >= 11 is 4.75. The highest BCUT2D eigenvalue weighted by molar-refractivity contribution is 7.71. The smallest absolute Gasteiger partial charge is 0.219 e. The van der Waals surface area contributed by atoms with Crippen molar-refractivity contribution < 1.29 is 0 Å². The van der Waals surface area contributed by atoms with E-state index in [1.165, 1.54) is 0 Å². The van der Waals surface area contributed by atoms with Crippen LogP contribution >= 0.6 is 12.2 Å². The minimum atomic E-state index is -0.00684. The molecule has 4 heteroatoms. The van der Waals surface area contributed by atoms with E-state index in [0.717, 1.165) is 25.9 Å². The van der Waals surface area contributed by atoms with Gasteiger partial charge in [-0.2, -0.15) is 0 Å². The molecule has 0 atom stereocenters. The minimum Gasteiger partial charge on any atom is -0.382 e. The molecule has 0 radical (unpaired) electrons. The quantitative estimate of drug-likeness (QED) is 0.613. The number of nitrogens with zero attached hydrogens (tertiary/aromatic N) is 1. The second-order valence-electron chi connectivity index (χ2n) is 3.69. The zero-order valence-electron chi connectivity index (χ0n) is 10.7. The Bertz CT molecular complexity index is 353. The normalized spacial score (nSPS) is 10.1. The van der Waals surface area contributed by atoms with Crippen molar-refractivity contribution in [3.8, 4) is 0 Å². The Morgan fingerprint density at radius 3 is 2.38 bits per heavy atom. The van der Waals surface area contributed by atoms with Crippen LogP contribution in [0.1, 0.15) is 26.7 Å². The van der Waals surface area contributed by atoms with Crippen LogP contribution in [-0.4, -0.2) is 32.1 Å². The maximum atomic E-state index is 11.1. The Morgan fingerprint density at radius 1 is 1.31 bits per heavy atom. The summed E-state index contributed by atoms with van der Waals surface area (Å²) in [6, 6.07) is 1.73. The molecule has 0 heterocycles. The van der Waals surface area contributed by atoms with Crippen molar-refractivity contribution in [3.05, 3.63) is 20.8 Å². The largest absolute Gasteiger partial charge is 0.382 e. The van der Waals surface area contributed by atoms with Gasteiger partial charge in [-0.15, -0.1) is 0 Å². The lowest BCUT2D eigenvalue weighted by atomic mass is 10.2. The summed E-state index contributed by atoms with van der Waals surface area (Å²) < 4.78 is 0.445. The van der Waals surface area contributed by atoms with Crippen molar-refractivity contribution in [1.29, 1.82) is 0 Å². The second kappa shape index (κ2) is 8.42. The number of unbranched alkanes of at least 4 members (excludes halogenated alkanes) is 1. The third-order valence-electron chi connectivity index (χ3n) is 2.09. The molecule has 1 rings (SSSR count). The number of rotatable bonds is 6. The molecule has 0 saturated heterocycles. The molecule has 3 nitrogen and oxygen atoms in total. The number of hydrogen-bond acceptors (Lipinski definition) is 4. The van der Waals surface area contributed by atoms with Gasteiger partial charge in [0.2, 0.25) is 5.43 Å². The molecular weight excluding hydrogens is 220 g/mol. The first kappa shape index (κ1) is 15.3. The summed E-state index contributed by atoms with van der Waals surface area (Å²) in [6.45, 7) is 5.95. The zero-order chi connectivity index (χ0) is 12.6. The van der Waals surface area contributed by atoms with Gasteiger partial charge in [0, 0.05) is 6.54 Å². The highest BCUT2D eigenvalue weighted by Crippen LogP contribution is 2.04. The lowest BCUT2D eigenvalue weighted by molar-refractivity contribution is 0.396. The molecule has 0 spiro atoms. The fourth-order valence-corrected chi connectivity index (χ4v) is 1.45. The van der Waals surface area contributed by atoms with E-state index in [9.17, 15) is 4.79 Å². The average Bonchev–Trinajstić information content (AvgIpc) is 2.29. The molecule has 0 amide bonds. The molecule has 0 aliphatic rings. The molecule has 0 saturated carbocycles. The molecule has 92 valence electrons. The first-order valence-electron chi connectivity index (χ1n) is 5.80. The van der Waals surface area contributed by atoms with Crippen molar-refractivity contribution in [2.45, 2.75) is 26.7 Å². The van der Waals surface area contributed by atoms with Gasteiger partial charge in [0.15, 0.2) is 0 Å². The summed E-state index contributed by atoms with van der Waals surface area (Å²) in [5, 5.41) is 3.08. The van der Waals surface area contributed by atoms with E-state index < -0.39 is 0 Å². The SMILES string of the molecule is CC.CN(C)CCCCNc1cc(=S)c1=O. The van der Waals surface area contributed by atoms with Crippen molar-refractivity contribution in [2.75, 3.05) is 32.5 Å². The highest BCUT2D eigenvalue weighted by Gasteiger charge is 2.04. The summed E-state index contributed by atoms with van der Waals surface area (Å²) in [5.74, 6) is 0. The van der Waals surface area contributed by atoms with Gasteiger partial charge in [-0.05, 0) is 39.5 Å². The first-order valence-corrected chi connectivity index (χ1v) is 6.21. The van der Waals surface area contributed by atoms with Gasteiger partial charge in [0.25, 0.3) is 0 Å². The van der Waals surface area contributed by atoms with Gasteiger partial charge in [0.05, 0.1) is 10.2 Å². The van der Waals surface area contributed by atoms with E-state index in [2.05, 4.69) is 24.3 Å². The third-order valence-corrected chi connectivity index (χ3v) is 2.39. The third kappa shape index (κ3) is 5.37. The second-order valence-corrected chi connectivity index (χ2v) is 4.13. The van der Waals surface area contributed by atoms with E-state index in [-0.39, 0.29) is 5.43 Å². The van der Waals surface area contributed by atoms with Crippen molar-refractivity contribution >= 4 is 17.9 Å². The average molecular weight is 242 g/mol. The Morgan fingerprint density at radius 2 is 1.94 bits per heavy atom. The number of nitrogens with one attached hydrogen (secondary N) is 1. The lowest BCUT2D eigenvalue weighted by Crippen LogP contribution is -2.18. The molecule has 0 fully saturated rings. The predicted molar refractivity (Wildman–Crippen MR) is 73.5 cm³/mol. The van der Waals surface area contributed by atoms with Crippen LogP contribution in [0.25, 0.3) is 0 Å². The van der Waals surface area contributed by atoms with Crippen molar-refractivity contribution in [1.82, 2.24) is 4.90 Å². The molecule has 0 aliphatic heterocycles. The molecule has 0 aromatic heterocycles. The Hall–Kier alpha value is -0.740.